The fourth-order valence-electron chi connectivity index (χ4n) is 5.16. The monoisotopic (exact) mass is 487 g/mol. The van der Waals surface area contributed by atoms with Gasteiger partial charge in [-0.25, -0.2) is 4.39 Å². The molecule has 3 aromatic carbocycles. The fraction of sp³-hybridized carbons (Fsp3) is 0.276. The van der Waals surface area contributed by atoms with Crippen molar-refractivity contribution < 1.29 is 18.7 Å². The second kappa shape index (κ2) is 10.3. The van der Waals surface area contributed by atoms with Crippen molar-refractivity contribution >= 4 is 22.5 Å². The number of halogens is 1. The number of carbonyl (C=O) groups excluding carboxylic acids is 1. The molecule has 4 aromatic rings. The SMILES string of the molecule is COc1cccc([C@@H](CC(=O)N2CCN(c3ccccc3F)CC2)c2c[nH]c3ccccc23)c1OC. The molecule has 5 rings (SSSR count). The van der Waals surface area contributed by atoms with E-state index < -0.39 is 0 Å². The first-order valence-electron chi connectivity index (χ1n) is 12.1. The molecule has 0 spiro atoms. The van der Waals surface area contributed by atoms with Crippen LogP contribution >= 0.6 is 0 Å². The number of methoxy groups -OCH3 is 2. The maximum absolute atomic E-state index is 14.3. The molecule has 1 atom stereocenters. The molecule has 0 bridgehead atoms. The number of hydrogen-bond donors (Lipinski definition) is 1. The normalized spacial score (nSPS) is 14.6. The van der Waals surface area contributed by atoms with E-state index in [0.717, 1.165) is 22.0 Å². The maximum atomic E-state index is 14.3. The number of rotatable bonds is 7. The first-order chi connectivity index (χ1) is 17.6. The molecule has 36 heavy (non-hydrogen) atoms. The number of H-pyrrole nitrogens is 1. The van der Waals surface area contributed by atoms with E-state index >= 15 is 0 Å². The third-order valence-electron chi connectivity index (χ3n) is 7.01. The van der Waals surface area contributed by atoms with Crippen molar-refractivity contribution in [3.05, 3.63) is 89.9 Å². The molecular weight excluding hydrogens is 457 g/mol. The van der Waals surface area contributed by atoms with Crippen molar-refractivity contribution in [3.8, 4) is 11.5 Å². The van der Waals surface area contributed by atoms with Crippen LogP contribution in [0.5, 0.6) is 11.5 Å². The Morgan fingerprint density at radius 2 is 1.67 bits per heavy atom. The van der Waals surface area contributed by atoms with Crippen LogP contribution in [0, 0.1) is 5.82 Å². The molecular formula is C29H30FN3O3. The number of piperazine rings is 1. The predicted molar refractivity (Wildman–Crippen MR) is 139 cm³/mol. The summed E-state index contributed by atoms with van der Waals surface area (Å²) in [6.45, 7) is 2.27. The number of nitrogens with one attached hydrogen (secondary N) is 1. The Morgan fingerprint density at radius 1 is 0.917 bits per heavy atom. The predicted octanol–water partition coefficient (Wildman–Crippen LogP) is 5.20. The van der Waals surface area contributed by atoms with Crippen LogP contribution in [0.15, 0.2) is 72.9 Å². The van der Waals surface area contributed by atoms with Gasteiger partial charge in [0.25, 0.3) is 0 Å². The van der Waals surface area contributed by atoms with Gasteiger partial charge in [0.05, 0.1) is 19.9 Å². The lowest BCUT2D eigenvalue weighted by Gasteiger charge is -2.37. The largest absolute Gasteiger partial charge is 0.493 e. The number of amides is 1. The van der Waals surface area contributed by atoms with Crippen molar-refractivity contribution in [3.63, 3.8) is 0 Å². The number of aromatic nitrogens is 1. The fourth-order valence-corrected chi connectivity index (χ4v) is 5.16. The lowest BCUT2D eigenvalue weighted by molar-refractivity contribution is -0.131. The number of carbonyl (C=O) groups is 1. The Morgan fingerprint density at radius 3 is 2.42 bits per heavy atom. The second-order valence-corrected chi connectivity index (χ2v) is 8.95. The van der Waals surface area contributed by atoms with Crippen molar-refractivity contribution in [2.45, 2.75) is 12.3 Å². The summed E-state index contributed by atoms with van der Waals surface area (Å²) >= 11 is 0. The van der Waals surface area contributed by atoms with Crippen molar-refractivity contribution in [1.29, 1.82) is 0 Å². The summed E-state index contributed by atoms with van der Waals surface area (Å²) in [6.07, 6.45) is 2.27. The van der Waals surface area contributed by atoms with E-state index in [9.17, 15) is 9.18 Å². The molecule has 7 heteroatoms. The smallest absolute Gasteiger partial charge is 0.223 e. The molecule has 6 nitrogen and oxygen atoms in total. The van der Waals surface area contributed by atoms with E-state index in [1.165, 1.54) is 6.07 Å². The highest BCUT2D eigenvalue weighted by Gasteiger charge is 2.29. The summed E-state index contributed by atoms with van der Waals surface area (Å²) in [7, 11) is 3.24. The number of ether oxygens (including phenoxy) is 2. The van der Waals surface area contributed by atoms with Crippen LogP contribution in [0.25, 0.3) is 10.9 Å². The third-order valence-corrected chi connectivity index (χ3v) is 7.01. The Balaban J connectivity index is 1.42. The van der Waals surface area contributed by atoms with Gasteiger partial charge in [-0.1, -0.05) is 42.5 Å². The molecule has 0 aliphatic carbocycles. The zero-order chi connectivity index (χ0) is 25.1. The topological polar surface area (TPSA) is 57.8 Å². The van der Waals surface area contributed by atoms with Crippen molar-refractivity contribution in [1.82, 2.24) is 9.88 Å². The van der Waals surface area contributed by atoms with Crippen LogP contribution in [0.2, 0.25) is 0 Å². The van der Waals surface area contributed by atoms with Crippen molar-refractivity contribution in [2.24, 2.45) is 0 Å². The van der Waals surface area contributed by atoms with Gasteiger partial charge in [-0.3, -0.25) is 4.79 Å². The van der Waals surface area contributed by atoms with Gasteiger partial charge in [-0.05, 0) is 29.8 Å². The van der Waals surface area contributed by atoms with E-state index in [1.807, 2.05) is 58.5 Å². The van der Waals surface area contributed by atoms with Gasteiger partial charge in [0.15, 0.2) is 11.5 Å². The molecule has 186 valence electrons. The summed E-state index contributed by atoms with van der Waals surface area (Å²) in [5.41, 5.74) is 3.54. The van der Waals surface area contributed by atoms with E-state index in [1.54, 1.807) is 26.4 Å². The number of fused-ring (bicyclic) bond motifs is 1. The summed E-state index contributed by atoms with van der Waals surface area (Å²) in [6, 6.07) is 20.7. The Kier molecular flexibility index (Phi) is 6.80. The summed E-state index contributed by atoms with van der Waals surface area (Å²) < 4.78 is 25.6. The minimum absolute atomic E-state index is 0.0586. The standard InChI is InChI=1S/C29H30FN3O3/c1-35-27-13-7-9-21(29(27)36-2)22(23-19-31-25-11-5-3-8-20(23)25)18-28(34)33-16-14-32(15-17-33)26-12-6-4-10-24(26)30/h3-13,19,22,31H,14-18H2,1-2H3/t22-/m1/s1. The Bertz CT molecular complexity index is 1360. The molecule has 1 saturated heterocycles. The van der Waals surface area contributed by atoms with Crippen LogP contribution < -0.4 is 14.4 Å². The Hall–Kier alpha value is -4.00. The highest BCUT2D eigenvalue weighted by atomic mass is 19.1. The van der Waals surface area contributed by atoms with Crippen molar-refractivity contribution in [2.75, 3.05) is 45.3 Å². The first-order valence-corrected chi connectivity index (χ1v) is 12.1. The number of anilines is 1. The third kappa shape index (κ3) is 4.49. The molecule has 1 aliphatic heterocycles. The van der Waals surface area contributed by atoms with Crippen LogP contribution in [0.4, 0.5) is 10.1 Å². The molecule has 2 heterocycles. The quantitative estimate of drug-likeness (QED) is 0.390. The number of hydrogen-bond acceptors (Lipinski definition) is 4. The highest BCUT2D eigenvalue weighted by molar-refractivity contribution is 5.86. The van der Waals surface area contributed by atoms with E-state index in [0.29, 0.717) is 43.4 Å². The summed E-state index contributed by atoms with van der Waals surface area (Å²) in [5, 5.41) is 1.07. The van der Waals surface area contributed by atoms with Gasteiger partial charge >= 0.3 is 0 Å². The molecule has 1 aromatic heterocycles. The minimum Gasteiger partial charge on any atom is -0.493 e. The zero-order valence-electron chi connectivity index (χ0n) is 20.5. The molecule has 1 fully saturated rings. The molecule has 0 radical (unpaired) electrons. The van der Waals surface area contributed by atoms with Gasteiger partial charge in [0.2, 0.25) is 5.91 Å². The van der Waals surface area contributed by atoms with Gasteiger partial charge < -0.3 is 24.3 Å². The first kappa shape index (κ1) is 23.7. The molecule has 0 unspecified atom stereocenters. The van der Waals surface area contributed by atoms with E-state index in [-0.39, 0.29) is 24.1 Å². The van der Waals surface area contributed by atoms with Crippen LogP contribution in [0.1, 0.15) is 23.5 Å². The summed E-state index contributed by atoms with van der Waals surface area (Å²) in [4.78, 5) is 20.9. The zero-order valence-corrected chi connectivity index (χ0v) is 20.5. The molecule has 1 N–H and O–H groups in total. The average molecular weight is 488 g/mol. The molecule has 1 aliphatic rings. The van der Waals surface area contributed by atoms with E-state index in [4.69, 9.17) is 9.47 Å². The van der Waals surface area contributed by atoms with Gasteiger partial charge in [-0.15, -0.1) is 0 Å². The van der Waals surface area contributed by atoms with E-state index in [2.05, 4.69) is 11.1 Å². The van der Waals surface area contributed by atoms with Crippen LogP contribution in [0.3, 0.4) is 0 Å². The maximum Gasteiger partial charge on any atom is 0.223 e. The summed E-state index contributed by atoms with van der Waals surface area (Å²) in [5.74, 6) is 0.853. The van der Waals surface area contributed by atoms with Gasteiger partial charge in [-0.2, -0.15) is 0 Å². The highest BCUT2D eigenvalue weighted by Crippen LogP contribution is 2.42. The Labute approximate surface area is 210 Å². The lowest BCUT2D eigenvalue weighted by atomic mass is 9.87. The molecule has 0 saturated carbocycles. The minimum atomic E-state index is -0.234. The molecule has 1 amide bonds. The lowest BCUT2D eigenvalue weighted by Crippen LogP contribution is -2.49. The average Bonchev–Trinajstić information content (AvgIpc) is 3.35. The van der Waals surface area contributed by atoms with Gasteiger partial charge in [0.1, 0.15) is 5.82 Å². The second-order valence-electron chi connectivity index (χ2n) is 8.95. The van der Waals surface area contributed by atoms with Crippen LogP contribution in [-0.2, 0) is 4.79 Å². The number of para-hydroxylation sites is 3. The number of nitrogens with zero attached hydrogens (tertiary/aromatic N) is 2. The van der Waals surface area contributed by atoms with Gasteiger partial charge in [0, 0.05) is 61.2 Å². The number of aromatic amines is 1. The van der Waals surface area contributed by atoms with Crippen LogP contribution in [-0.4, -0.2) is 56.2 Å². The number of benzene rings is 3.